The molecule has 0 bridgehead atoms. The molecule has 4 N–H and O–H groups in total. The molecule has 3 aromatic rings. The molecule has 0 atom stereocenters. The van der Waals surface area contributed by atoms with Crippen molar-refractivity contribution in [3.8, 4) is 0 Å². The highest BCUT2D eigenvalue weighted by molar-refractivity contribution is 5.60. The molecule has 1 saturated carbocycles. The molecule has 0 amide bonds. The number of aromatic amines is 1. The van der Waals surface area contributed by atoms with E-state index in [0.29, 0.717) is 36.1 Å². The van der Waals surface area contributed by atoms with Crippen LogP contribution in [0.2, 0.25) is 0 Å². The Morgan fingerprint density at radius 2 is 1.94 bits per heavy atom. The fourth-order valence-electron chi connectivity index (χ4n) is 4.36. The van der Waals surface area contributed by atoms with E-state index < -0.39 is 0 Å². The Kier molecular flexibility index (Phi) is 6.66. The molecule has 10 heteroatoms. The molecule has 34 heavy (non-hydrogen) atoms. The number of nitrogens with zero attached hydrogens (tertiary/aromatic N) is 5. The van der Waals surface area contributed by atoms with Gasteiger partial charge in [-0.3, -0.25) is 5.10 Å². The monoisotopic (exact) mass is 466 g/mol. The summed E-state index contributed by atoms with van der Waals surface area (Å²) in [5.41, 5.74) is 2.11. The van der Waals surface area contributed by atoms with Gasteiger partial charge in [0.25, 0.3) is 0 Å². The van der Waals surface area contributed by atoms with E-state index in [1.807, 2.05) is 12.1 Å². The summed E-state index contributed by atoms with van der Waals surface area (Å²) in [5, 5.41) is 27.6. The van der Waals surface area contributed by atoms with E-state index in [1.165, 1.54) is 18.5 Å². The van der Waals surface area contributed by atoms with Gasteiger partial charge in [0.1, 0.15) is 11.6 Å². The van der Waals surface area contributed by atoms with Crippen molar-refractivity contribution in [1.82, 2.24) is 25.3 Å². The zero-order chi connectivity index (χ0) is 23.5. The summed E-state index contributed by atoms with van der Waals surface area (Å²) < 4.78 is 5.46. The van der Waals surface area contributed by atoms with Crippen LogP contribution in [0.4, 0.5) is 23.4 Å². The molecule has 2 fully saturated rings. The van der Waals surface area contributed by atoms with Gasteiger partial charge in [-0.1, -0.05) is 19.0 Å². The lowest BCUT2D eigenvalue weighted by Crippen LogP contribution is -2.34. The van der Waals surface area contributed by atoms with Gasteiger partial charge in [0.2, 0.25) is 5.95 Å². The zero-order valence-corrected chi connectivity index (χ0v) is 19.9. The summed E-state index contributed by atoms with van der Waals surface area (Å²) in [4.78, 5) is 11.8. The number of rotatable bonds is 10. The molecule has 1 aliphatic heterocycles. The average Bonchev–Trinajstić information content (AvgIpc) is 3.38. The molecule has 0 aromatic carbocycles. The summed E-state index contributed by atoms with van der Waals surface area (Å²) >= 11 is 0. The van der Waals surface area contributed by atoms with Crippen LogP contribution < -0.4 is 15.5 Å². The molecular weight excluding hydrogens is 432 g/mol. The number of hydrogen-bond acceptors (Lipinski definition) is 9. The summed E-state index contributed by atoms with van der Waals surface area (Å²) in [5.74, 6) is 5.10. The van der Waals surface area contributed by atoms with Crippen molar-refractivity contribution in [1.29, 1.82) is 0 Å². The van der Waals surface area contributed by atoms with Gasteiger partial charge < -0.3 is 25.2 Å². The first-order chi connectivity index (χ1) is 16.6. The summed E-state index contributed by atoms with van der Waals surface area (Å²) in [7, 11) is 0. The maximum Gasteiger partial charge on any atom is 0.227 e. The van der Waals surface area contributed by atoms with Crippen LogP contribution in [0.25, 0.3) is 0 Å². The third-order valence-corrected chi connectivity index (χ3v) is 6.65. The molecule has 10 nitrogen and oxygen atoms in total. The molecule has 0 spiro atoms. The van der Waals surface area contributed by atoms with E-state index >= 15 is 0 Å². The van der Waals surface area contributed by atoms with Crippen molar-refractivity contribution >= 4 is 23.4 Å². The second-order valence-corrected chi connectivity index (χ2v) is 9.71. The van der Waals surface area contributed by atoms with Crippen LogP contribution in [0, 0.1) is 5.92 Å². The second kappa shape index (κ2) is 10.0. The van der Waals surface area contributed by atoms with E-state index in [9.17, 15) is 5.11 Å². The normalized spacial score (nSPS) is 16.9. The van der Waals surface area contributed by atoms with Crippen LogP contribution in [0.1, 0.15) is 74.9 Å². The highest BCUT2D eigenvalue weighted by Crippen LogP contribution is 2.39. The van der Waals surface area contributed by atoms with Crippen molar-refractivity contribution in [3.63, 3.8) is 0 Å². The molecular formula is C24H34N8O2. The molecule has 0 unspecified atom stereocenters. The van der Waals surface area contributed by atoms with E-state index in [4.69, 9.17) is 9.51 Å². The molecule has 1 saturated heterocycles. The smallest absolute Gasteiger partial charge is 0.227 e. The van der Waals surface area contributed by atoms with Crippen LogP contribution in [0.5, 0.6) is 0 Å². The van der Waals surface area contributed by atoms with Crippen molar-refractivity contribution in [3.05, 3.63) is 35.3 Å². The Hall–Kier alpha value is -3.14. The second-order valence-electron chi connectivity index (χ2n) is 9.71. The Bertz CT molecular complexity index is 1080. The summed E-state index contributed by atoms with van der Waals surface area (Å²) in [6.07, 6.45) is 5.42. The fraction of sp³-hybridized carbons (Fsp3) is 0.583. The van der Waals surface area contributed by atoms with Gasteiger partial charge in [-0.05, 0) is 43.9 Å². The van der Waals surface area contributed by atoms with Gasteiger partial charge in [0.15, 0.2) is 11.6 Å². The third-order valence-electron chi connectivity index (χ3n) is 6.65. The van der Waals surface area contributed by atoms with E-state index in [-0.39, 0.29) is 6.61 Å². The van der Waals surface area contributed by atoms with Crippen LogP contribution >= 0.6 is 0 Å². The van der Waals surface area contributed by atoms with Gasteiger partial charge in [0.05, 0.1) is 12.2 Å². The van der Waals surface area contributed by atoms with Crippen LogP contribution in [0.15, 0.2) is 22.7 Å². The zero-order valence-electron chi connectivity index (χ0n) is 19.9. The highest BCUT2D eigenvalue weighted by atomic mass is 16.5. The quantitative estimate of drug-likeness (QED) is 0.348. The lowest BCUT2D eigenvalue weighted by atomic mass is 9.94. The first-order valence-electron chi connectivity index (χ1n) is 12.3. The van der Waals surface area contributed by atoms with Crippen molar-refractivity contribution in [2.75, 3.05) is 35.2 Å². The van der Waals surface area contributed by atoms with E-state index in [1.54, 1.807) is 0 Å². The van der Waals surface area contributed by atoms with Gasteiger partial charge in [-0.25, -0.2) is 0 Å². The van der Waals surface area contributed by atoms with Gasteiger partial charge >= 0.3 is 0 Å². The molecule has 0 radical (unpaired) electrons. The number of piperidine rings is 1. The number of hydrogen-bond donors (Lipinski definition) is 4. The molecule has 5 rings (SSSR count). The minimum absolute atomic E-state index is 0.257. The maximum absolute atomic E-state index is 9.27. The third kappa shape index (κ3) is 5.49. The standard InChI is InChI=1S/C24H34N8O2/c1-15(2)19-11-18(34-31-19)14-25-24-27-21(26-22-12-20(29-30-22)17-3-4-17)13-23(28-24)32-8-5-16(6-9-32)7-10-33/h11-13,15-17,33H,3-10,14H2,1-2H3,(H3,25,26,27,28,29,30). The first kappa shape index (κ1) is 22.6. The van der Waals surface area contributed by atoms with Crippen LogP contribution in [0.3, 0.4) is 0 Å². The SMILES string of the molecule is CC(C)c1cc(CNc2nc(Nc3cc(C4CC4)[nH]n3)cc(N3CCC(CCO)CC3)n2)on1. The molecule has 4 heterocycles. The Morgan fingerprint density at radius 3 is 2.65 bits per heavy atom. The lowest BCUT2D eigenvalue weighted by molar-refractivity contribution is 0.240. The molecule has 182 valence electrons. The number of anilines is 4. The fourth-order valence-corrected chi connectivity index (χ4v) is 4.36. The van der Waals surface area contributed by atoms with Crippen LogP contribution in [-0.4, -0.2) is 50.1 Å². The largest absolute Gasteiger partial charge is 0.396 e. The minimum atomic E-state index is 0.257. The average molecular weight is 467 g/mol. The number of aromatic nitrogens is 5. The van der Waals surface area contributed by atoms with Crippen molar-refractivity contribution in [2.45, 2.75) is 64.3 Å². The maximum atomic E-state index is 9.27. The number of aliphatic hydroxyl groups excluding tert-OH is 1. The van der Waals surface area contributed by atoms with Gasteiger partial charge in [-0.15, -0.1) is 0 Å². The van der Waals surface area contributed by atoms with Crippen molar-refractivity contribution in [2.24, 2.45) is 5.92 Å². The topological polar surface area (TPSA) is 128 Å². The van der Waals surface area contributed by atoms with E-state index in [0.717, 1.165) is 55.4 Å². The molecule has 3 aromatic heterocycles. The predicted molar refractivity (Wildman–Crippen MR) is 130 cm³/mol. The number of aliphatic hydroxyl groups is 1. The Balaban J connectivity index is 1.33. The lowest BCUT2D eigenvalue weighted by Gasteiger charge is -2.32. The first-order valence-corrected chi connectivity index (χ1v) is 12.3. The van der Waals surface area contributed by atoms with Gasteiger partial charge in [0, 0.05) is 49.5 Å². The molecule has 1 aliphatic carbocycles. The summed E-state index contributed by atoms with van der Waals surface area (Å²) in [6.45, 7) is 6.71. The number of nitrogens with one attached hydrogen (secondary N) is 3. The molecule has 2 aliphatic rings. The highest BCUT2D eigenvalue weighted by Gasteiger charge is 2.26. The Morgan fingerprint density at radius 1 is 1.12 bits per heavy atom. The van der Waals surface area contributed by atoms with E-state index in [2.05, 4.69) is 55.8 Å². The summed E-state index contributed by atoms with van der Waals surface area (Å²) in [6, 6.07) is 6.01. The van der Waals surface area contributed by atoms with Gasteiger partial charge in [-0.2, -0.15) is 15.1 Å². The van der Waals surface area contributed by atoms with Crippen molar-refractivity contribution < 1.29 is 9.63 Å². The number of H-pyrrole nitrogens is 1. The minimum Gasteiger partial charge on any atom is -0.396 e. The Labute approximate surface area is 199 Å². The van der Waals surface area contributed by atoms with Crippen LogP contribution in [-0.2, 0) is 6.54 Å². The predicted octanol–water partition coefficient (Wildman–Crippen LogP) is 4.14.